The van der Waals surface area contributed by atoms with E-state index in [0.717, 1.165) is 25.8 Å². The number of sulfone groups is 1. The van der Waals surface area contributed by atoms with Gasteiger partial charge in [0.15, 0.2) is 9.84 Å². The van der Waals surface area contributed by atoms with Gasteiger partial charge in [0.2, 0.25) is 5.91 Å². The zero-order chi connectivity index (χ0) is 13.3. The van der Waals surface area contributed by atoms with E-state index in [1.807, 2.05) is 6.92 Å². The molecule has 2 saturated heterocycles. The van der Waals surface area contributed by atoms with E-state index in [1.54, 1.807) is 11.8 Å². The molecular formula is C12H22N2O3S. The summed E-state index contributed by atoms with van der Waals surface area (Å²) in [4.78, 5) is 14.1. The molecule has 104 valence electrons. The van der Waals surface area contributed by atoms with Gasteiger partial charge in [-0.3, -0.25) is 4.79 Å². The van der Waals surface area contributed by atoms with Gasteiger partial charge in [0.1, 0.15) is 0 Å². The van der Waals surface area contributed by atoms with Gasteiger partial charge in [-0.15, -0.1) is 0 Å². The number of hydrogen-bond acceptors (Lipinski definition) is 4. The Morgan fingerprint density at radius 3 is 2.61 bits per heavy atom. The van der Waals surface area contributed by atoms with E-state index >= 15 is 0 Å². The number of piperidine rings is 1. The van der Waals surface area contributed by atoms with E-state index in [9.17, 15) is 13.2 Å². The van der Waals surface area contributed by atoms with Gasteiger partial charge in [0.05, 0.1) is 17.0 Å². The molecule has 6 heteroatoms. The summed E-state index contributed by atoms with van der Waals surface area (Å²) in [6.45, 7) is 4.76. The molecule has 2 aliphatic rings. The van der Waals surface area contributed by atoms with Crippen molar-refractivity contribution in [1.82, 2.24) is 10.2 Å². The van der Waals surface area contributed by atoms with Crippen molar-refractivity contribution in [2.75, 3.05) is 18.8 Å². The van der Waals surface area contributed by atoms with Crippen LogP contribution in [-0.4, -0.2) is 55.4 Å². The largest absolute Gasteiger partial charge is 0.336 e. The predicted molar refractivity (Wildman–Crippen MR) is 70.1 cm³/mol. The second-order valence-electron chi connectivity index (χ2n) is 5.35. The van der Waals surface area contributed by atoms with Crippen molar-refractivity contribution in [3.63, 3.8) is 0 Å². The van der Waals surface area contributed by atoms with Gasteiger partial charge in [0, 0.05) is 12.6 Å². The third-order valence-electron chi connectivity index (χ3n) is 4.25. The second-order valence-corrected chi connectivity index (χ2v) is 7.82. The summed E-state index contributed by atoms with van der Waals surface area (Å²) in [6.07, 6.45) is 3.05. The predicted octanol–water partition coefficient (Wildman–Crippen LogP) is 0.163. The van der Waals surface area contributed by atoms with E-state index < -0.39 is 15.1 Å². The fraction of sp³-hybridized carbons (Fsp3) is 0.917. The highest BCUT2D eigenvalue weighted by molar-refractivity contribution is 7.92. The Morgan fingerprint density at radius 2 is 2.00 bits per heavy atom. The van der Waals surface area contributed by atoms with Gasteiger partial charge in [-0.25, -0.2) is 8.42 Å². The van der Waals surface area contributed by atoms with Crippen LogP contribution in [-0.2, 0) is 14.6 Å². The molecule has 2 heterocycles. The Hall–Kier alpha value is -0.620. The molecular weight excluding hydrogens is 252 g/mol. The highest BCUT2D eigenvalue weighted by atomic mass is 32.2. The van der Waals surface area contributed by atoms with Crippen molar-refractivity contribution < 1.29 is 13.2 Å². The summed E-state index contributed by atoms with van der Waals surface area (Å²) >= 11 is 0. The van der Waals surface area contributed by atoms with Crippen LogP contribution >= 0.6 is 0 Å². The average Bonchev–Trinajstić information content (AvgIpc) is 2.37. The SMILES string of the molecule is CC1C(C)S(=O)(=O)CCN1C(=O)C1CCCCN1. The van der Waals surface area contributed by atoms with Crippen LogP contribution in [0.3, 0.4) is 0 Å². The molecule has 1 amide bonds. The molecule has 0 aromatic rings. The van der Waals surface area contributed by atoms with Crippen LogP contribution in [0.15, 0.2) is 0 Å². The summed E-state index contributed by atoms with van der Waals surface area (Å²) in [5.41, 5.74) is 0. The van der Waals surface area contributed by atoms with Crippen molar-refractivity contribution in [3.8, 4) is 0 Å². The Balaban J connectivity index is 2.07. The smallest absolute Gasteiger partial charge is 0.240 e. The minimum Gasteiger partial charge on any atom is -0.336 e. The maximum atomic E-state index is 12.4. The normalized spacial score (nSPS) is 36.3. The van der Waals surface area contributed by atoms with Crippen LogP contribution in [0, 0.1) is 0 Å². The van der Waals surface area contributed by atoms with Gasteiger partial charge in [0.25, 0.3) is 0 Å². The van der Waals surface area contributed by atoms with Crippen molar-refractivity contribution in [3.05, 3.63) is 0 Å². The fourth-order valence-electron chi connectivity index (χ4n) is 2.74. The lowest BCUT2D eigenvalue weighted by Gasteiger charge is -2.40. The van der Waals surface area contributed by atoms with Gasteiger partial charge in [-0.2, -0.15) is 0 Å². The third-order valence-corrected chi connectivity index (χ3v) is 6.52. The highest BCUT2D eigenvalue weighted by Crippen LogP contribution is 2.21. The average molecular weight is 274 g/mol. The van der Waals surface area contributed by atoms with E-state index in [2.05, 4.69) is 5.32 Å². The first-order chi connectivity index (χ1) is 8.43. The summed E-state index contributed by atoms with van der Waals surface area (Å²) in [5.74, 6) is 0.167. The highest BCUT2D eigenvalue weighted by Gasteiger charge is 2.39. The first-order valence-corrected chi connectivity index (χ1v) is 8.40. The van der Waals surface area contributed by atoms with Crippen LogP contribution < -0.4 is 5.32 Å². The maximum absolute atomic E-state index is 12.4. The van der Waals surface area contributed by atoms with Gasteiger partial charge in [-0.1, -0.05) is 6.42 Å². The molecule has 0 saturated carbocycles. The van der Waals surface area contributed by atoms with Gasteiger partial charge >= 0.3 is 0 Å². The summed E-state index contributed by atoms with van der Waals surface area (Å²) < 4.78 is 23.6. The Bertz CT molecular complexity index is 415. The molecule has 3 atom stereocenters. The number of amides is 1. The molecule has 0 bridgehead atoms. The zero-order valence-electron chi connectivity index (χ0n) is 11.1. The number of rotatable bonds is 1. The van der Waals surface area contributed by atoms with Crippen molar-refractivity contribution >= 4 is 15.7 Å². The van der Waals surface area contributed by atoms with E-state index in [0.29, 0.717) is 6.54 Å². The number of nitrogens with zero attached hydrogens (tertiary/aromatic N) is 1. The van der Waals surface area contributed by atoms with E-state index in [-0.39, 0.29) is 23.7 Å². The van der Waals surface area contributed by atoms with Crippen LogP contribution in [0.25, 0.3) is 0 Å². The molecule has 18 heavy (non-hydrogen) atoms. The monoisotopic (exact) mass is 274 g/mol. The maximum Gasteiger partial charge on any atom is 0.240 e. The standard InChI is InChI=1S/C12H22N2O3S/c1-9-10(2)18(16,17)8-7-14(9)12(15)11-5-3-4-6-13-11/h9-11,13H,3-8H2,1-2H3. The molecule has 1 N–H and O–H groups in total. The van der Waals surface area contributed by atoms with Crippen LogP contribution in [0.5, 0.6) is 0 Å². The minimum atomic E-state index is -3.02. The lowest BCUT2D eigenvalue weighted by molar-refractivity contribution is -0.136. The van der Waals surface area contributed by atoms with Crippen LogP contribution in [0.1, 0.15) is 33.1 Å². The lowest BCUT2D eigenvalue weighted by Crippen LogP contribution is -2.59. The summed E-state index contributed by atoms with van der Waals surface area (Å²) in [6, 6.07) is -0.339. The summed E-state index contributed by atoms with van der Waals surface area (Å²) in [5, 5.41) is 2.77. The van der Waals surface area contributed by atoms with Crippen molar-refractivity contribution in [2.45, 2.75) is 50.4 Å². The quantitative estimate of drug-likeness (QED) is 0.740. The first kappa shape index (κ1) is 13.8. The van der Waals surface area contributed by atoms with Crippen molar-refractivity contribution in [1.29, 1.82) is 0 Å². The molecule has 2 fully saturated rings. The number of carbonyl (C=O) groups is 1. The number of hydrogen-bond donors (Lipinski definition) is 1. The molecule has 0 aromatic heterocycles. The Kier molecular flexibility index (Phi) is 3.96. The molecule has 0 spiro atoms. The summed E-state index contributed by atoms with van der Waals surface area (Å²) in [7, 11) is -3.02. The molecule has 5 nitrogen and oxygen atoms in total. The fourth-order valence-corrected chi connectivity index (χ4v) is 4.31. The molecule has 2 rings (SSSR count). The Labute approximate surface area is 109 Å². The Morgan fingerprint density at radius 1 is 1.28 bits per heavy atom. The molecule has 3 unspecified atom stereocenters. The molecule has 0 aromatic carbocycles. The van der Waals surface area contributed by atoms with Crippen molar-refractivity contribution in [2.24, 2.45) is 0 Å². The number of carbonyl (C=O) groups excluding carboxylic acids is 1. The third kappa shape index (κ3) is 2.54. The van der Waals surface area contributed by atoms with Gasteiger partial charge < -0.3 is 10.2 Å². The van der Waals surface area contributed by atoms with Crippen LogP contribution in [0.4, 0.5) is 0 Å². The molecule has 2 aliphatic heterocycles. The lowest BCUT2D eigenvalue weighted by atomic mass is 10.0. The van der Waals surface area contributed by atoms with E-state index in [1.165, 1.54) is 0 Å². The number of nitrogens with one attached hydrogen (secondary N) is 1. The molecule has 0 radical (unpaired) electrons. The van der Waals surface area contributed by atoms with Crippen LogP contribution in [0.2, 0.25) is 0 Å². The minimum absolute atomic E-state index is 0.0731. The molecule has 0 aliphatic carbocycles. The van der Waals surface area contributed by atoms with Gasteiger partial charge in [-0.05, 0) is 33.2 Å². The van der Waals surface area contributed by atoms with E-state index in [4.69, 9.17) is 0 Å². The topological polar surface area (TPSA) is 66.5 Å². The zero-order valence-corrected chi connectivity index (χ0v) is 11.9. The second kappa shape index (κ2) is 5.17. The first-order valence-electron chi connectivity index (χ1n) is 6.69.